The molecule has 70 valence electrons. The van der Waals surface area contributed by atoms with Gasteiger partial charge in [-0.15, -0.1) is 0 Å². The van der Waals surface area contributed by atoms with Gasteiger partial charge in [-0.3, -0.25) is 4.98 Å². The summed E-state index contributed by atoms with van der Waals surface area (Å²) in [4.78, 5) is 7.96. The molecule has 13 heavy (non-hydrogen) atoms. The molecule has 1 heterocycles. The lowest BCUT2D eigenvalue weighted by Crippen LogP contribution is -2.09. The van der Waals surface area contributed by atoms with Crippen molar-refractivity contribution in [1.82, 2.24) is 4.98 Å². The van der Waals surface area contributed by atoms with E-state index in [0.29, 0.717) is 0 Å². The first-order valence-corrected chi connectivity index (χ1v) is 3.85. The van der Waals surface area contributed by atoms with E-state index in [4.69, 9.17) is 9.47 Å². The highest BCUT2D eigenvalue weighted by atomic mass is 16.7. The van der Waals surface area contributed by atoms with Crippen molar-refractivity contribution in [3.05, 3.63) is 30.1 Å². The van der Waals surface area contributed by atoms with Crippen molar-refractivity contribution in [2.75, 3.05) is 14.2 Å². The van der Waals surface area contributed by atoms with Crippen LogP contribution >= 0.6 is 0 Å². The summed E-state index contributed by atoms with van der Waals surface area (Å²) < 4.78 is 9.76. The van der Waals surface area contributed by atoms with Crippen molar-refractivity contribution in [1.29, 1.82) is 0 Å². The maximum absolute atomic E-state index is 4.88. The Morgan fingerprint density at radius 3 is 2.77 bits per heavy atom. The summed E-state index contributed by atoms with van der Waals surface area (Å²) in [6.07, 6.45) is 4.54. The fraction of sp³-hybridized carbons (Fsp3) is 0.333. The van der Waals surface area contributed by atoms with E-state index in [0.717, 1.165) is 5.56 Å². The predicted octanol–water partition coefficient (Wildman–Crippen LogP) is 1.08. The van der Waals surface area contributed by atoms with Gasteiger partial charge in [0.2, 0.25) is 0 Å². The normalized spacial score (nSPS) is 11.3. The fourth-order valence-electron chi connectivity index (χ4n) is 0.817. The molecule has 0 radical (unpaired) electrons. The zero-order chi connectivity index (χ0) is 9.52. The molecule has 0 aliphatic carbocycles. The van der Waals surface area contributed by atoms with E-state index in [9.17, 15) is 0 Å². The SMILES string of the molecule is COC(N=Cc1cccnc1)OC. The van der Waals surface area contributed by atoms with Crippen molar-refractivity contribution in [3.63, 3.8) is 0 Å². The molecule has 1 rings (SSSR count). The molecule has 0 unspecified atom stereocenters. The van der Waals surface area contributed by atoms with Gasteiger partial charge in [0, 0.05) is 38.4 Å². The number of hydrogen-bond donors (Lipinski definition) is 0. The number of aliphatic imine (C=N–C) groups is 1. The van der Waals surface area contributed by atoms with Gasteiger partial charge in [0.05, 0.1) is 0 Å². The minimum absolute atomic E-state index is 0.541. The smallest absolute Gasteiger partial charge is 0.257 e. The lowest BCUT2D eigenvalue weighted by atomic mass is 10.3. The number of pyridine rings is 1. The third kappa shape index (κ3) is 3.31. The first kappa shape index (κ1) is 9.83. The summed E-state index contributed by atoms with van der Waals surface area (Å²) in [6, 6.07) is 3.74. The second-order valence-electron chi connectivity index (χ2n) is 2.34. The molecule has 0 saturated carbocycles. The van der Waals surface area contributed by atoms with Gasteiger partial charge in [0.25, 0.3) is 6.41 Å². The number of ether oxygens (including phenoxy) is 2. The Bertz CT molecular complexity index is 258. The van der Waals surface area contributed by atoms with Crippen LogP contribution in [0.2, 0.25) is 0 Å². The molecule has 0 spiro atoms. The Kier molecular flexibility index (Phi) is 4.08. The molecule has 1 aromatic heterocycles. The second-order valence-corrected chi connectivity index (χ2v) is 2.34. The zero-order valence-electron chi connectivity index (χ0n) is 7.68. The Hall–Kier alpha value is -1.26. The Morgan fingerprint density at radius 2 is 2.23 bits per heavy atom. The topological polar surface area (TPSA) is 43.7 Å². The van der Waals surface area contributed by atoms with E-state index in [1.165, 1.54) is 14.2 Å². The molecule has 4 heteroatoms. The summed E-state index contributed by atoms with van der Waals surface area (Å²) >= 11 is 0. The maximum atomic E-state index is 4.88. The highest BCUT2D eigenvalue weighted by Gasteiger charge is 1.97. The molecule has 0 amide bonds. The highest BCUT2D eigenvalue weighted by molar-refractivity contribution is 5.78. The quantitative estimate of drug-likeness (QED) is 0.514. The number of hydrogen-bond acceptors (Lipinski definition) is 4. The number of rotatable bonds is 4. The van der Waals surface area contributed by atoms with E-state index in [2.05, 4.69) is 9.98 Å². The molecule has 0 fully saturated rings. The Balaban J connectivity index is 2.57. The lowest BCUT2D eigenvalue weighted by Gasteiger charge is -2.06. The molecule has 0 aromatic carbocycles. The van der Waals surface area contributed by atoms with Crippen LogP contribution in [0.3, 0.4) is 0 Å². The van der Waals surface area contributed by atoms with E-state index in [-0.39, 0.29) is 0 Å². The van der Waals surface area contributed by atoms with Crippen LogP contribution in [0.15, 0.2) is 29.5 Å². The van der Waals surface area contributed by atoms with Crippen molar-refractivity contribution in [3.8, 4) is 0 Å². The molecule has 4 nitrogen and oxygen atoms in total. The van der Waals surface area contributed by atoms with Crippen LogP contribution in [-0.4, -0.2) is 31.8 Å². The van der Waals surface area contributed by atoms with Crippen LogP contribution in [0.25, 0.3) is 0 Å². The summed E-state index contributed by atoms with van der Waals surface area (Å²) in [6.45, 7) is 0. The average molecular weight is 180 g/mol. The van der Waals surface area contributed by atoms with Crippen LogP contribution in [0, 0.1) is 0 Å². The largest absolute Gasteiger partial charge is 0.337 e. The minimum Gasteiger partial charge on any atom is -0.337 e. The third-order valence-corrected chi connectivity index (χ3v) is 1.43. The lowest BCUT2D eigenvalue weighted by molar-refractivity contribution is -0.0941. The average Bonchev–Trinajstić information content (AvgIpc) is 2.21. The summed E-state index contributed by atoms with van der Waals surface area (Å²) in [5.41, 5.74) is 0.918. The minimum atomic E-state index is -0.541. The van der Waals surface area contributed by atoms with Crippen LogP contribution in [0.4, 0.5) is 0 Å². The zero-order valence-corrected chi connectivity index (χ0v) is 7.68. The molecule has 0 bridgehead atoms. The van der Waals surface area contributed by atoms with Gasteiger partial charge in [-0.05, 0) is 6.07 Å². The molecule has 0 atom stereocenters. The summed E-state index contributed by atoms with van der Waals surface area (Å²) in [5.74, 6) is 0. The molecular formula is C9H12N2O2. The number of aromatic nitrogens is 1. The molecule has 0 saturated heterocycles. The number of nitrogens with zero attached hydrogens (tertiary/aromatic N) is 2. The third-order valence-electron chi connectivity index (χ3n) is 1.43. The fourth-order valence-corrected chi connectivity index (χ4v) is 0.817. The van der Waals surface area contributed by atoms with Gasteiger partial charge in [-0.2, -0.15) is 0 Å². The van der Waals surface area contributed by atoms with Crippen molar-refractivity contribution >= 4 is 6.21 Å². The first-order chi connectivity index (χ1) is 6.36. The molecule has 0 aliphatic heterocycles. The van der Waals surface area contributed by atoms with Crippen molar-refractivity contribution < 1.29 is 9.47 Å². The second kappa shape index (κ2) is 5.40. The van der Waals surface area contributed by atoms with Gasteiger partial charge in [-0.1, -0.05) is 6.07 Å². The van der Waals surface area contributed by atoms with Crippen LogP contribution in [-0.2, 0) is 9.47 Å². The first-order valence-electron chi connectivity index (χ1n) is 3.85. The van der Waals surface area contributed by atoms with Gasteiger partial charge in [0.1, 0.15) is 0 Å². The standard InChI is InChI=1S/C9H12N2O2/c1-12-9(13-2)11-7-8-4-3-5-10-6-8/h3-7,9H,1-2H3. The monoisotopic (exact) mass is 180 g/mol. The van der Waals surface area contributed by atoms with Crippen LogP contribution in [0.5, 0.6) is 0 Å². The highest BCUT2D eigenvalue weighted by Crippen LogP contribution is 1.95. The van der Waals surface area contributed by atoms with Gasteiger partial charge in [-0.25, -0.2) is 4.99 Å². The number of methoxy groups -OCH3 is 2. The summed E-state index contributed by atoms with van der Waals surface area (Å²) in [5, 5.41) is 0. The maximum Gasteiger partial charge on any atom is 0.257 e. The molecule has 0 N–H and O–H groups in total. The molecule has 1 aromatic rings. The van der Waals surface area contributed by atoms with Crippen LogP contribution in [0.1, 0.15) is 5.56 Å². The van der Waals surface area contributed by atoms with Crippen molar-refractivity contribution in [2.45, 2.75) is 6.41 Å². The van der Waals surface area contributed by atoms with E-state index in [1.807, 2.05) is 12.1 Å². The summed E-state index contributed by atoms with van der Waals surface area (Å²) in [7, 11) is 3.07. The van der Waals surface area contributed by atoms with E-state index >= 15 is 0 Å². The van der Waals surface area contributed by atoms with Crippen LogP contribution < -0.4 is 0 Å². The predicted molar refractivity (Wildman–Crippen MR) is 49.6 cm³/mol. The molecule has 0 aliphatic rings. The van der Waals surface area contributed by atoms with Crippen molar-refractivity contribution in [2.24, 2.45) is 4.99 Å². The van der Waals surface area contributed by atoms with Gasteiger partial charge in [0.15, 0.2) is 0 Å². The Morgan fingerprint density at radius 1 is 1.46 bits per heavy atom. The van der Waals surface area contributed by atoms with Gasteiger partial charge < -0.3 is 9.47 Å². The van der Waals surface area contributed by atoms with Gasteiger partial charge >= 0.3 is 0 Å². The van der Waals surface area contributed by atoms with E-state index in [1.54, 1.807) is 18.6 Å². The molecular weight excluding hydrogens is 168 g/mol. The Labute approximate surface area is 77.2 Å². The van der Waals surface area contributed by atoms with E-state index < -0.39 is 6.41 Å².